The van der Waals surface area contributed by atoms with Gasteiger partial charge in [-0.25, -0.2) is 4.98 Å². The molecule has 3 rings (SSSR count). The molecule has 0 saturated carbocycles. The van der Waals surface area contributed by atoms with E-state index in [1.54, 1.807) is 6.07 Å². The normalized spacial score (nSPS) is 10.3. The van der Waals surface area contributed by atoms with E-state index in [4.69, 9.17) is 5.73 Å². The molecule has 2 aromatic carbocycles. The highest BCUT2D eigenvalue weighted by molar-refractivity contribution is 5.94. The Morgan fingerprint density at radius 2 is 1.79 bits per heavy atom. The third kappa shape index (κ3) is 5.14. The average Bonchev–Trinajstić information content (AvgIpc) is 2.72. The van der Waals surface area contributed by atoms with Crippen LogP contribution in [0.15, 0.2) is 60.9 Å². The number of nitrogens with two attached hydrogens (primary N) is 1. The van der Waals surface area contributed by atoms with Gasteiger partial charge in [0.05, 0.1) is 12.4 Å². The molecular weight excluding hydrogens is 354 g/mol. The van der Waals surface area contributed by atoms with E-state index in [1.807, 2.05) is 49.4 Å². The zero-order valence-corrected chi connectivity index (χ0v) is 15.5. The van der Waals surface area contributed by atoms with E-state index >= 15 is 0 Å². The van der Waals surface area contributed by atoms with Gasteiger partial charge >= 0.3 is 0 Å². The molecule has 7 nitrogen and oxygen atoms in total. The predicted molar refractivity (Wildman–Crippen MR) is 107 cm³/mol. The van der Waals surface area contributed by atoms with Crippen LogP contribution in [0.5, 0.6) is 0 Å². The zero-order chi connectivity index (χ0) is 19.9. The van der Waals surface area contributed by atoms with Crippen LogP contribution in [0.4, 0.5) is 5.82 Å². The summed E-state index contributed by atoms with van der Waals surface area (Å²) in [5.41, 5.74) is 9.00. The Kier molecular flexibility index (Phi) is 5.96. The highest BCUT2D eigenvalue weighted by atomic mass is 16.2. The summed E-state index contributed by atoms with van der Waals surface area (Å²) >= 11 is 0. The lowest BCUT2D eigenvalue weighted by atomic mass is 10.1. The van der Waals surface area contributed by atoms with Crippen molar-refractivity contribution in [2.45, 2.75) is 20.0 Å². The minimum atomic E-state index is -0.636. The van der Waals surface area contributed by atoms with Crippen molar-refractivity contribution < 1.29 is 9.59 Å². The number of aryl methyl sites for hydroxylation is 1. The van der Waals surface area contributed by atoms with Gasteiger partial charge in [-0.2, -0.15) is 0 Å². The summed E-state index contributed by atoms with van der Waals surface area (Å²) < 4.78 is 0. The molecule has 0 bridgehead atoms. The van der Waals surface area contributed by atoms with Gasteiger partial charge in [0.15, 0.2) is 0 Å². The number of hydrogen-bond acceptors (Lipinski definition) is 5. The molecule has 2 amide bonds. The van der Waals surface area contributed by atoms with Crippen molar-refractivity contribution in [2.75, 3.05) is 5.32 Å². The van der Waals surface area contributed by atoms with Crippen molar-refractivity contribution in [1.82, 2.24) is 15.3 Å². The number of rotatable bonds is 7. The Morgan fingerprint density at radius 3 is 2.54 bits per heavy atom. The van der Waals surface area contributed by atoms with Crippen LogP contribution >= 0.6 is 0 Å². The fourth-order valence-corrected chi connectivity index (χ4v) is 2.58. The highest BCUT2D eigenvalue weighted by Gasteiger charge is 2.07. The van der Waals surface area contributed by atoms with E-state index in [1.165, 1.54) is 18.0 Å². The first kappa shape index (κ1) is 19.0. The highest BCUT2D eigenvalue weighted by Crippen LogP contribution is 2.10. The van der Waals surface area contributed by atoms with E-state index in [-0.39, 0.29) is 11.6 Å². The van der Waals surface area contributed by atoms with Gasteiger partial charge in [-0.15, -0.1) is 0 Å². The molecule has 0 aliphatic heterocycles. The lowest BCUT2D eigenvalue weighted by molar-refractivity contribution is 0.0949. The first-order valence-corrected chi connectivity index (χ1v) is 8.79. The lowest BCUT2D eigenvalue weighted by Gasteiger charge is -2.09. The minimum absolute atomic E-state index is 0.0919. The molecule has 1 heterocycles. The Labute approximate surface area is 163 Å². The van der Waals surface area contributed by atoms with E-state index in [0.29, 0.717) is 24.5 Å². The third-order valence-electron chi connectivity index (χ3n) is 4.12. The largest absolute Gasteiger partial charge is 0.365 e. The van der Waals surface area contributed by atoms with Crippen molar-refractivity contribution in [3.05, 3.63) is 88.9 Å². The number of hydrogen-bond donors (Lipinski definition) is 3. The molecule has 0 aliphatic rings. The molecule has 142 valence electrons. The molecule has 0 aliphatic carbocycles. The van der Waals surface area contributed by atoms with Crippen LogP contribution in [0, 0.1) is 6.92 Å². The van der Waals surface area contributed by atoms with Gasteiger partial charge in [-0.3, -0.25) is 14.6 Å². The van der Waals surface area contributed by atoms with E-state index in [9.17, 15) is 9.59 Å². The van der Waals surface area contributed by atoms with Crippen LogP contribution in [-0.4, -0.2) is 21.8 Å². The van der Waals surface area contributed by atoms with Crippen LogP contribution in [0.3, 0.4) is 0 Å². The maximum atomic E-state index is 12.4. The van der Waals surface area contributed by atoms with Crippen molar-refractivity contribution in [3.8, 4) is 0 Å². The molecule has 1 aromatic heterocycles. The summed E-state index contributed by atoms with van der Waals surface area (Å²) in [6.45, 7) is 2.92. The molecule has 0 atom stereocenters. The second kappa shape index (κ2) is 8.77. The summed E-state index contributed by atoms with van der Waals surface area (Å²) in [5.74, 6) is -0.341. The molecule has 0 unspecified atom stereocenters. The Balaban J connectivity index is 1.60. The SMILES string of the molecule is Cc1ccc(CNC(=O)c2cccc(CNc3cncc(C(N)=O)n3)c2)cc1. The summed E-state index contributed by atoms with van der Waals surface area (Å²) in [4.78, 5) is 31.6. The lowest BCUT2D eigenvalue weighted by Crippen LogP contribution is -2.23. The van der Waals surface area contributed by atoms with E-state index in [2.05, 4.69) is 20.6 Å². The first-order chi connectivity index (χ1) is 13.5. The summed E-state index contributed by atoms with van der Waals surface area (Å²) in [7, 11) is 0. The van der Waals surface area contributed by atoms with Gasteiger partial charge in [0.1, 0.15) is 11.5 Å². The van der Waals surface area contributed by atoms with Crippen molar-refractivity contribution in [3.63, 3.8) is 0 Å². The van der Waals surface area contributed by atoms with Crippen LogP contribution < -0.4 is 16.4 Å². The van der Waals surface area contributed by atoms with Gasteiger partial charge < -0.3 is 16.4 Å². The Morgan fingerprint density at radius 1 is 1.00 bits per heavy atom. The Bertz CT molecular complexity index is 986. The topological polar surface area (TPSA) is 110 Å². The molecule has 4 N–H and O–H groups in total. The monoisotopic (exact) mass is 375 g/mol. The van der Waals surface area contributed by atoms with Gasteiger partial charge in [-0.1, -0.05) is 42.0 Å². The molecule has 0 fully saturated rings. The summed E-state index contributed by atoms with van der Waals surface area (Å²) in [6.07, 6.45) is 2.82. The number of aromatic nitrogens is 2. The number of amides is 2. The van der Waals surface area contributed by atoms with Crippen LogP contribution in [0.1, 0.15) is 37.5 Å². The third-order valence-corrected chi connectivity index (χ3v) is 4.12. The van der Waals surface area contributed by atoms with E-state index in [0.717, 1.165) is 11.1 Å². The molecule has 0 spiro atoms. The quantitative estimate of drug-likeness (QED) is 0.587. The van der Waals surface area contributed by atoms with Crippen molar-refractivity contribution in [1.29, 1.82) is 0 Å². The zero-order valence-electron chi connectivity index (χ0n) is 15.5. The standard InChI is InChI=1S/C21H21N5O2/c1-14-5-7-15(8-6-14)10-25-21(28)17-4-2-3-16(9-17)11-24-19-13-23-12-18(26-19)20(22)27/h2-9,12-13H,10-11H2,1H3,(H2,22,27)(H,24,26)(H,25,28). The molecule has 7 heteroatoms. The van der Waals surface area contributed by atoms with Gasteiger partial charge in [0, 0.05) is 18.7 Å². The van der Waals surface area contributed by atoms with Crippen LogP contribution in [-0.2, 0) is 13.1 Å². The number of benzene rings is 2. The number of primary amides is 1. The maximum absolute atomic E-state index is 12.4. The number of nitrogens with one attached hydrogen (secondary N) is 2. The predicted octanol–water partition coefficient (Wildman–Crippen LogP) is 2.43. The van der Waals surface area contributed by atoms with Gasteiger partial charge in [0.2, 0.25) is 0 Å². The first-order valence-electron chi connectivity index (χ1n) is 8.79. The minimum Gasteiger partial charge on any atom is -0.365 e. The number of nitrogens with zero attached hydrogens (tertiary/aromatic N) is 2. The summed E-state index contributed by atoms with van der Waals surface area (Å²) in [6, 6.07) is 15.3. The molecule has 28 heavy (non-hydrogen) atoms. The molecule has 0 saturated heterocycles. The van der Waals surface area contributed by atoms with Crippen molar-refractivity contribution >= 4 is 17.6 Å². The number of anilines is 1. The summed E-state index contributed by atoms with van der Waals surface area (Å²) in [5, 5.41) is 5.99. The Hall–Kier alpha value is -3.74. The fourth-order valence-electron chi connectivity index (χ4n) is 2.58. The second-order valence-electron chi connectivity index (χ2n) is 6.38. The van der Waals surface area contributed by atoms with Gasteiger partial charge in [0.25, 0.3) is 11.8 Å². The average molecular weight is 375 g/mol. The molecule has 3 aromatic rings. The molecular formula is C21H21N5O2. The fraction of sp³-hybridized carbons (Fsp3) is 0.143. The van der Waals surface area contributed by atoms with Gasteiger partial charge in [-0.05, 0) is 30.2 Å². The number of carbonyl (C=O) groups excluding carboxylic acids is 2. The van der Waals surface area contributed by atoms with Crippen LogP contribution in [0.25, 0.3) is 0 Å². The van der Waals surface area contributed by atoms with Crippen molar-refractivity contribution in [2.24, 2.45) is 5.73 Å². The maximum Gasteiger partial charge on any atom is 0.268 e. The smallest absolute Gasteiger partial charge is 0.268 e. The second-order valence-corrected chi connectivity index (χ2v) is 6.38. The number of carbonyl (C=O) groups is 2. The van der Waals surface area contributed by atoms with Crippen LogP contribution in [0.2, 0.25) is 0 Å². The molecule has 0 radical (unpaired) electrons. The van der Waals surface area contributed by atoms with E-state index < -0.39 is 5.91 Å².